The van der Waals surface area contributed by atoms with Gasteiger partial charge < -0.3 is 15.4 Å². The first-order valence-corrected chi connectivity index (χ1v) is 10.3. The zero-order chi connectivity index (χ0) is 22.9. The summed E-state index contributed by atoms with van der Waals surface area (Å²) in [6, 6.07) is 15.2. The van der Waals surface area contributed by atoms with Gasteiger partial charge in [-0.15, -0.1) is 0 Å². The first-order valence-electron chi connectivity index (χ1n) is 9.90. The van der Waals surface area contributed by atoms with E-state index in [1.807, 2.05) is 12.1 Å². The molecule has 0 radical (unpaired) electrons. The fourth-order valence-electron chi connectivity index (χ4n) is 3.04. The van der Waals surface area contributed by atoms with Crippen LogP contribution < -0.4 is 10.6 Å². The van der Waals surface area contributed by atoms with E-state index in [2.05, 4.69) is 15.6 Å². The first kappa shape index (κ1) is 23.0. The van der Waals surface area contributed by atoms with E-state index >= 15 is 0 Å². The van der Waals surface area contributed by atoms with Crippen LogP contribution in [0.5, 0.6) is 0 Å². The Kier molecular flexibility index (Phi) is 7.94. The number of esters is 1. The summed E-state index contributed by atoms with van der Waals surface area (Å²) in [6.45, 7) is 0.186. The quantitative estimate of drug-likeness (QED) is 0.504. The maximum Gasteiger partial charge on any atom is 0.337 e. The van der Waals surface area contributed by atoms with Crippen LogP contribution in [0.2, 0.25) is 5.02 Å². The molecule has 0 spiro atoms. The number of benzene rings is 2. The number of aromatic nitrogens is 1. The molecule has 7 nitrogen and oxygen atoms in total. The molecule has 164 valence electrons. The third kappa shape index (κ3) is 6.39. The summed E-state index contributed by atoms with van der Waals surface area (Å²) in [4.78, 5) is 40.9. The van der Waals surface area contributed by atoms with Crippen LogP contribution in [0, 0.1) is 0 Å². The number of hydrogen-bond donors (Lipinski definition) is 2. The van der Waals surface area contributed by atoms with E-state index in [0.717, 1.165) is 5.56 Å². The summed E-state index contributed by atoms with van der Waals surface area (Å²) in [5, 5.41) is 5.89. The summed E-state index contributed by atoms with van der Waals surface area (Å²) in [5.74, 6) is -1.11. The predicted molar refractivity (Wildman–Crippen MR) is 122 cm³/mol. The Bertz CT molecular complexity index is 1120. The minimum atomic E-state index is -0.553. The average molecular weight is 452 g/mol. The van der Waals surface area contributed by atoms with Crippen molar-refractivity contribution in [1.82, 2.24) is 10.3 Å². The topological polar surface area (TPSA) is 97.4 Å². The zero-order valence-electron chi connectivity index (χ0n) is 17.4. The summed E-state index contributed by atoms with van der Waals surface area (Å²) in [7, 11) is 1.28. The van der Waals surface area contributed by atoms with Gasteiger partial charge in [-0.1, -0.05) is 29.8 Å². The monoisotopic (exact) mass is 451 g/mol. The fourth-order valence-corrected chi connectivity index (χ4v) is 3.26. The molecule has 0 aliphatic rings. The minimum Gasteiger partial charge on any atom is -0.465 e. The second-order valence-corrected chi connectivity index (χ2v) is 7.39. The van der Waals surface area contributed by atoms with E-state index < -0.39 is 11.9 Å². The number of amides is 2. The highest BCUT2D eigenvalue weighted by atomic mass is 35.5. The largest absolute Gasteiger partial charge is 0.465 e. The number of halogens is 1. The number of ether oxygens (including phenoxy) is 1. The molecule has 0 saturated heterocycles. The van der Waals surface area contributed by atoms with Crippen LogP contribution in [0.4, 0.5) is 5.69 Å². The second kappa shape index (κ2) is 11.1. The standard InChI is InChI=1S/C24H22ClN3O4/c1-32-24(31)18-11-17(15-27-22(29)9-8-16-5-4-10-26-14-16)12-19(13-18)28-23(30)20-6-2-3-7-21(20)25/h2-7,10-14H,8-9,15H2,1H3,(H,27,29)(H,28,30). The Morgan fingerprint density at radius 2 is 1.84 bits per heavy atom. The Morgan fingerprint density at radius 1 is 1.03 bits per heavy atom. The van der Waals surface area contributed by atoms with Crippen LogP contribution >= 0.6 is 11.6 Å². The highest BCUT2D eigenvalue weighted by Gasteiger charge is 2.14. The van der Waals surface area contributed by atoms with Crippen molar-refractivity contribution in [3.63, 3.8) is 0 Å². The van der Waals surface area contributed by atoms with Crippen LogP contribution in [0.25, 0.3) is 0 Å². The van der Waals surface area contributed by atoms with E-state index in [4.69, 9.17) is 16.3 Å². The smallest absolute Gasteiger partial charge is 0.337 e. The van der Waals surface area contributed by atoms with Gasteiger partial charge in [-0.2, -0.15) is 0 Å². The van der Waals surface area contributed by atoms with Gasteiger partial charge in [-0.25, -0.2) is 4.79 Å². The lowest BCUT2D eigenvalue weighted by Gasteiger charge is -2.12. The van der Waals surface area contributed by atoms with Gasteiger partial charge in [0, 0.05) is 31.0 Å². The van der Waals surface area contributed by atoms with Gasteiger partial charge >= 0.3 is 5.97 Å². The molecule has 0 aliphatic carbocycles. The zero-order valence-corrected chi connectivity index (χ0v) is 18.2. The number of anilines is 1. The Labute approximate surface area is 190 Å². The van der Waals surface area contributed by atoms with Gasteiger partial charge in [-0.3, -0.25) is 14.6 Å². The number of pyridine rings is 1. The van der Waals surface area contributed by atoms with Gasteiger partial charge in [0.25, 0.3) is 5.91 Å². The van der Waals surface area contributed by atoms with Crippen molar-refractivity contribution in [1.29, 1.82) is 0 Å². The van der Waals surface area contributed by atoms with Crippen molar-refractivity contribution in [2.45, 2.75) is 19.4 Å². The molecule has 3 aromatic rings. The summed E-state index contributed by atoms with van der Waals surface area (Å²) >= 11 is 6.09. The van der Waals surface area contributed by atoms with Crippen LogP contribution in [0.15, 0.2) is 67.0 Å². The van der Waals surface area contributed by atoms with Crippen LogP contribution in [0.3, 0.4) is 0 Å². The number of methoxy groups -OCH3 is 1. The second-order valence-electron chi connectivity index (χ2n) is 6.98. The molecule has 2 amide bonds. The molecule has 0 atom stereocenters. The number of nitrogens with zero attached hydrogens (tertiary/aromatic N) is 1. The number of rotatable bonds is 8. The normalized spacial score (nSPS) is 10.3. The predicted octanol–water partition coefficient (Wildman–Crippen LogP) is 4.02. The van der Waals surface area contributed by atoms with Gasteiger partial charge in [0.1, 0.15) is 0 Å². The van der Waals surface area contributed by atoms with E-state index in [1.54, 1.807) is 48.8 Å². The number of nitrogens with one attached hydrogen (secondary N) is 2. The Balaban J connectivity index is 1.69. The van der Waals surface area contributed by atoms with Gasteiger partial charge in [0.2, 0.25) is 5.91 Å². The van der Waals surface area contributed by atoms with Crippen molar-refractivity contribution in [2.24, 2.45) is 0 Å². The molecule has 0 aliphatic heterocycles. The lowest BCUT2D eigenvalue weighted by molar-refractivity contribution is -0.121. The molecular weight excluding hydrogens is 430 g/mol. The van der Waals surface area contributed by atoms with E-state index in [-0.39, 0.29) is 18.0 Å². The summed E-state index contributed by atoms with van der Waals surface area (Å²) < 4.78 is 4.80. The van der Waals surface area contributed by atoms with Crippen molar-refractivity contribution in [3.05, 3.63) is 94.3 Å². The molecule has 32 heavy (non-hydrogen) atoms. The lowest BCUT2D eigenvalue weighted by Crippen LogP contribution is -2.23. The fraction of sp³-hybridized carbons (Fsp3) is 0.167. The molecule has 1 aromatic heterocycles. The van der Waals surface area contributed by atoms with E-state index in [0.29, 0.717) is 34.7 Å². The first-order chi connectivity index (χ1) is 15.5. The SMILES string of the molecule is COC(=O)c1cc(CNC(=O)CCc2cccnc2)cc(NC(=O)c2ccccc2Cl)c1. The van der Waals surface area contributed by atoms with E-state index in [1.165, 1.54) is 13.2 Å². The maximum atomic E-state index is 12.6. The molecule has 8 heteroatoms. The van der Waals surface area contributed by atoms with Crippen LogP contribution in [-0.2, 0) is 22.5 Å². The molecule has 1 heterocycles. The van der Waals surface area contributed by atoms with Crippen LogP contribution in [-0.4, -0.2) is 29.9 Å². The van der Waals surface area contributed by atoms with Gasteiger partial charge in [0.15, 0.2) is 0 Å². The van der Waals surface area contributed by atoms with Crippen molar-refractivity contribution in [2.75, 3.05) is 12.4 Å². The minimum absolute atomic E-state index is 0.140. The molecular formula is C24H22ClN3O4. The van der Waals surface area contributed by atoms with Crippen molar-refractivity contribution < 1.29 is 19.1 Å². The van der Waals surface area contributed by atoms with E-state index in [9.17, 15) is 14.4 Å². The molecule has 2 aromatic carbocycles. The third-order valence-electron chi connectivity index (χ3n) is 4.64. The molecule has 0 saturated carbocycles. The van der Waals surface area contributed by atoms with Gasteiger partial charge in [0.05, 0.1) is 23.3 Å². The summed E-state index contributed by atoms with van der Waals surface area (Å²) in [6.07, 6.45) is 4.28. The van der Waals surface area contributed by atoms with Crippen molar-refractivity contribution in [3.8, 4) is 0 Å². The molecule has 0 unspecified atom stereocenters. The number of aryl methyl sites for hydroxylation is 1. The number of carbonyl (C=O) groups is 3. The Morgan fingerprint density at radius 3 is 2.56 bits per heavy atom. The summed E-state index contributed by atoms with van der Waals surface area (Å²) in [5.41, 5.74) is 2.56. The third-order valence-corrected chi connectivity index (χ3v) is 4.97. The molecule has 2 N–H and O–H groups in total. The maximum absolute atomic E-state index is 12.6. The highest BCUT2D eigenvalue weighted by Crippen LogP contribution is 2.20. The van der Waals surface area contributed by atoms with Gasteiger partial charge in [-0.05, 0) is 53.9 Å². The number of carbonyl (C=O) groups excluding carboxylic acids is 3. The molecule has 0 bridgehead atoms. The molecule has 0 fully saturated rings. The van der Waals surface area contributed by atoms with Crippen LogP contribution in [0.1, 0.15) is 38.3 Å². The molecule has 3 rings (SSSR count). The lowest BCUT2D eigenvalue weighted by atomic mass is 10.1. The average Bonchev–Trinajstić information content (AvgIpc) is 2.81. The van der Waals surface area contributed by atoms with Crippen molar-refractivity contribution >= 4 is 35.1 Å². The highest BCUT2D eigenvalue weighted by molar-refractivity contribution is 6.34. The number of hydrogen-bond acceptors (Lipinski definition) is 5. The Hall–Kier alpha value is -3.71.